The Bertz CT molecular complexity index is 1450. The minimum absolute atomic E-state index is 0.0510. The van der Waals surface area contributed by atoms with Crippen LogP contribution in [-0.4, -0.2) is 27.8 Å². The topological polar surface area (TPSA) is 86.9 Å². The first-order valence-corrected chi connectivity index (χ1v) is 13.4. The molecule has 2 aromatic carbocycles. The van der Waals surface area contributed by atoms with Crippen molar-refractivity contribution in [1.82, 2.24) is 15.3 Å². The lowest BCUT2D eigenvalue weighted by Crippen LogP contribution is -2.55. The zero-order chi connectivity index (χ0) is 24.9. The van der Waals surface area contributed by atoms with Gasteiger partial charge in [-0.2, -0.15) is 0 Å². The number of rotatable bonds is 5. The van der Waals surface area contributed by atoms with Crippen LogP contribution in [-0.2, 0) is 0 Å². The number of nitrogens with zero attached hydrogens (tertiary/aromatic N) is 1. The Morgan fingerprint density at radius 3 is 2.27 bits per heavy atom. The third-order valence-electron chi connectivity index (χ3n) is 8.76. The van der Waals surface area contributed by atoms with E-state index in [0.29, 0.717) is 29.3 Å². The first kappa shape index (κ1) is 22.3. The van der Waals surface area contributed by atoms with Gasteiger partial charge in [0, 0.05) is 40.1 Å². The first-order chi connectivity index (χ1) is 18.1. The summed E-state index contributed by atoms with van der Waals surface area (Å²) in [6, 6.07) is 21.3. The molecule has 2 heterocycles. The van der Waals surface area contributed by atoms with Crippen LogP contribution in [0.15, 0.2) is 72.9 Å². The zero-order valence-corrected chi connectivity index (χ0v) is 20.6. The van der Waals surface area contributed by atoms with Gasteiger partial charge in [0.15, 0.2) is 0 Å². The molecule has 6 heteroatoms. The Balaban J connectivity index is 1.05. The Labute approximate surface area is 215 Å². The van der Waals surface area contributed by atoms with Gasteiger partial charge in [-0.25, -0.2) is 0 Å². The number of benzene rings is 2. The van der Waals surface area contributed by atoms with Crippen molar-refractivity contribution >= 4 is 28.4 Å². The molecule has 2 amide bonds. The maximum absolute atomic E-state index is 13.2. The lowest BCUT2D eigenvalue weighted by molar-refractivity contribution is -0.0119. The molecule has 8 rings (SSSR count). The van der Waals surface area contributed by atoms with Crippen molar-refractivity contribution in [2.24, 2.45) is 23.7 Å². The van der Waals surface area contributed by atoms with Crippen molar-refractivity contribution in [1.29, 1.82) is 0 Å². The molecule has 37 heavy (non-hydrogen) atoms. The quantitative estimate of drug-likeness (QED) is 0.319. The van der Waals surface area contributed by atoms with Gasteiger partial charge < -0.3 is 15.6 Å². The Morgan fingerprint density at radius 2 is 1.57 bits per heavy atom. The number of carbonyl (C=O) groups is 2. The molecule has 0 radical (unpaired) electrons. The molecule has 0 saturated heterocycles. The maximum Gasteiger partial charge on any atom is 0.274 e. The number of pyridine rings is 1. The summed E-state index contributed by atoms with van der Waals surface area (Å²) in [5.74, 6) is 2.94. The monoisotopic (exact) mass is 490 g/mol. The molecule has 4 aliphatic carbocycles. The number of fused-ring (bicyclic) bond motifs is 1. The summed E-state index contributed by atoms with van der Waals surface area (Å²) in [4.78, 5) is 33.1. The van der Waals surface area contributed by atoms with E-state index in [9.17, 15) is 9.59 Å². The minimum atomic E-state index is -0.238. The molecule has 4 bridgehead atoms. The van der Waals surface area contributed by atoms with E-state index in [1.54, 1.807) is 24.4 Å². The zero-order valence-electron chi connectivity index (χ0n) is 20.6. The highest BCUT2D eigenvalue weighted by atomic mass is 16.2. The average Bonchev–Trinajstić information content (AvgIpc) is 3.35. The number of hydrogen-bond acceptors (Lipinski definition) is 3. The molecule has 0 unspecified atom stereocenters. The van der Waals surface area contributed by atoms with E-state index in [1.165, 1.54) is 32.1 Å². The molecular formula is C31H30N4O2. The van der Waals surface area contributed by atoms with Crippen LogP contribution < -0.4 is 10.6 Å². The Kier molecular flexibility index (Phi) is 5.34. The molecule has 4 fully saturated rings. The van der Waals surface area contributed by atoms with E-state index in [2.05, 4.69) is 26.7 Å². The number of aromatic nitrogens is 2. The number of anilines is 1. The van der Waals surface area contributed by atoms with Gasteiger partial charge in [0.2, 0.25) is 0 Å². The molecule has 0 aliphatic heterocycles. The summed E-state index contributed by atoms with van der Waals surface area (Å²) in [7, 11) is 0. The highest BCUT2D eigenvalue weighted by molar-refractivity contribution is 6.03. The van der Waals surface area contributed by atoms with Crippen molar-refractivity contribution < 1.29 is 9.59 Å². The minimum Gasteiger partial charge on any atom is -0.355 e. The largest absolute Gasteiger partial charge is 0.355 e. The van der Waals surface area contributed by atoms with Gasteiger partial charge in [-0.1, -0.05) is 18.2 Å². The van der Waals surface area contributed by atoms with Gasteiger partial charge in [0.1, 0.15) is 5.69 Å². The molecule has 2 aromatic heterocycles. The highest BCUT2D eigenvalue weighted by Crippen LogP contribution is 2.53. The van der Waals surface area contributed by atoms with E-state index in [4.69, 9.17) is 0 Å². The third kappa shape index (κ3) is 4.20. The Hall–Kier alpha value is -3.93. The fourth-order valence-electron chi connectivity index (χ4n) is 7.25. The summed E-state index contributed by atoms with van der Waals surface area (Å²) in [6.07, 6.45) is 8.20. The van der Waals surface area contributed by atoms with Gasteiger partial charge in [0.25, 0.3) is 11.8 Å². The number of hydrogen-bond donors (Lipinski definition) is 3. The molecule has 186 valence electrons. The predicted octanol–water partition coefficient (Wildman–Crippen LogP) is 6.04. The first-order valence-electron chi connectivity index (χ1n) is 13.4. The number of amides is 2. The van der Waals surface area contributed by atoms with Crippen LogP contribution in [0.4, 0.5) is 5.69 Å². The lowest BCUT2D eigenvalue weighted by atomic mass is 9.54. The van der Waals surface area contributed by atoms with Crippen molar-refractivity contribution in [3.63, 3.8) is 0 Å². The second-order valence-corrected chi connectivity index (χ2v) is 11.2. The van der Waals surface area contributed by atoms with E-state index in [-0.39, 0.29) is 11.8 Å². The maximum atomic E-state index is 13.2. The lowest BCUT2D eigenvalue weighted by Gasteiger charge is -2.54. The van der Waals surface area contributed by atoms with Crippen LogP contribution >= 0.6 is 0 Å². The molecule has 0 spiro atoms. The molecule has 4 aliphatic rings. The van der Waals surface area contributed by atoms with E-state index >= 15 is 0 Å². The predicted molar refractivity (Wildman–Crippen MR) is 144 cm³/mol. The van der Waals surface area contributed by atoms with Gasteiger partial charge in [0.05, 0.1) is 0 Å². The smallest absolute Gasteiger partial charge is 0.274 e. The molecule has 6 nitrogen and oxygen atoms in total. The standard InChI is InChI=1S/C31H30N4O2/c36-30(35-29-23-12-18-11-19(14-23)15-24(29)13-18)21-6-9-26-22(16-21)17-28(34-26)20-4-7-25(8-5-20)33-31(37)27-3-1-2-10-32-27/h1-10,16-19,23-24,29,34H,11-15H2,(H,33,37)(H,35,36)/t18-,19+,23-,24?,29?. The van der Waals surface area contributed by atoms with E-state index in [1.807, 2.05) is 42.5 Å². The number of nitrogens with one attached hydrogen (secondary N) is 3. The summed E-state index contributed by atoms with van der Waals surface area (Å²) in [5, 5.41) is 7.32. The fraction of sp³-hybridized carbons (Fsp3) is 0.323. The summed E-state index contributed by atoms with van der Waals surface area (Å²) >= 11 is 0. The molecule has 4 saturated carbocycles. The van der Waals surface area contributed by atoms with Crippen LogP contribution in [0.2, 0.25) is 0 Å². The van der Waals surface area contributed by atoms with Gasteiger partial charge in [-0.3, -0.25) is 14.6 Å². The number of H-pyrrole nitrogens is 1. The summed E-state index contributed by atoms with van der Waals surface area (Å²) in [5.41, 5.74) is 4.78. The Morgan fingerprint density at radius 1 is 0.811 bits per heavy atom. The molecule has 3 N–H and O–H groups in total. The van der Waals surface area contributed by atoms with Crippen molar-refractivity contribution in [3.05, 3.63) is 84.2 Å². The average molecular weight is 491 g/mol. The van der Waals surface area contributed by atoms with Crippen LogP contribution in [0.25, 0.3) is 22.2 Å². The number of carbonyl (C=O) groups excluding carboxylic acids is 2. The summed E-state index contributed by atoms with van der Waals surface area (Å²) < 4.78 is 0. The van der Waals surface area contributed by atoms with Gasteiger partial charge >= 0.3 is 0 Å². The van der Waals surface area contributed by atoms with Crippen LogP contribution in [0.3, 0.4) is 0 Å². The van der Waals surface area contributed by atoms with Crippen molar-refractivity contribution in [2.75, 3.05) is 5.32 Å². The van der Waals surface area contributed by atoms with Crippen LogP contribution in [0.1, 0.15) is 53.0 Å². The van der Waals surface area contributed by atoms with Crippen LogP contribution in [0.5, 0.6) is 0 Å². The van der Waals surface area contributed by atoms with E-state index < -0.39 is 0 Å². The molecule has 0 atom stereocenters. The fourth-order valence-corrected chi connectivity index (χ4v) is 7.25. The normalized spacial score (nSPS) is 25.8. The van der Waals surface area contributed by atoms with Gasteiger partial charge in [-0.05, 0) is 110 Å². The van der Waals surface area contributed by atoms with Gasteiger partial charge in [-0.15, -0.1) is 0 Å². The SMILES string of the molecule is O=C(NC1C2C[C@H]3C[C@@H](C2)C[C@@H]1C3)c1ccc2[nH]c(-c3ccc(NC(=O)c4ccccn4)cc3)cc2c1. The van der Waals surface area contributed by atoms with Crippen molar-refractivity contribution in [3.8, 4) is 11.3 Å². The summed E-state index contributed by atoms with van der Waals surface area (Å²) in [6.45, 7) is 0. The second-order valence-electron chi connectivity index (χ2n) is 11.2. The third-order valence-corrected chi connectivity index (χ3v) is 8.76. The number of aromatic amines is 1. The second kappa shape index (κ2) is 8.87. The van der Waals surface area contributed by atoms with Crippen LogP contribution in [0, 0.1) is 23.7 Å². The van der Waals surface area contributed by atoms with E-state index in [0.717, 1.165) is 39.6 Å². The molecule has 4 aromatic rings. The highest BCUT2D eigenvalue weighted by Gasteiger charge is 2.48. The van der Waals surface area contributed by atoms with Crippen molar-refractivity contribution in [2.45, 2.75) is 38.1 Å². The molecular weight excluding hydrogens is 460 g/mol.